The molecule has 1 amide bonds. The molecule has 68 valence electrons. The highest BCUT2D eigenvalue weighted by atomic mass is 35.5. The van der Waals surface area contributed by atoms with Crippen molar-refractivity contribution in [3.05, 3.63) is 12.3 Å². The summed E-state index contributed by atoms with van der Waals surface area (Å²) in [5.74, 6) is 0.393. The zero-order valence-corrected chi connectivity index (χ0v) is 8.02. The van der Waals surface area contributed by atoms with Gasteiger partial charge in [0.25, 0.3) is 0 Å². The number of carbonyl (C=O) groups excluding carboxylic acids is 1. The van der Waals surface area contributed by atoms with Gasteiger partial charge in [0.15, 0.2) is 0 Å². The van der Waals surface area contributed by atoms with E-state index in [-0.39, 0.29) is 6.09 Å². The molecule has 0 atom stereocenters. The van der Waals surface area contributed by atoms with Crippen molar-refractivity contribution in [2.45, 2.75) is 19.4 Å². The molecule has 1 heterocycles. The van der Waals surface area contributed by atoms with Crippen LogP contribution in [0.3, 0.4) is 0 Å². The van der Waals surface area contributed by atoms with E-state index in [1.54, 1.807) is 0 Å². The van der Waals surface area contributed by atoms with Crippen LogP contribution < -0.4 is 0 Å². The van der Waals surface area contributed by atoms with Crippen molar-refractivity contribution < 1.29 is 9.53 Å². The molecule has 1 saturated heterocycles. The average molecular weight is 190 g/mol. The summed E-state index contributed by atoms with van der Waals surface area (Å²) in [4.78, 5) is 12.6. The molecule has 1 fully saturated rings. The molecule has 1 aliphatic rings. The number of hydrogen-bond acceptors (Lipinski definition) is 2. The fraction of sp³-hybridized carbons (Fsp3) is 0.625. The van der Waals surface area contributed by atoms with Gasteiger partial charge in [0.1, 0.15) is 5.60 Å². The minimum Gasteiger partial charge on any atom is -0.437 e. The first-order chi connectivity index (χ1) is 5.49. The van der Waals surface area contributed by atoms with Gasteiger partial charge in [-0.05, 0) is 13.8 Å². The summed E-state index contributed by atoms with van der Waals surface area (Å²) in [6.45, 7) is 7.85. The van der Waals surface area contributed by atoms with Gasteiger partial charge < -0.3 is 4.74 Å². The molecule has 0 N–H and O–H groups in total. The molecule has 0 aliphatic carbocycles. The lowest BCUT2D eigenvalue weighted by Gasteiger charge is -2.18. The van der Waals surface area contributed by atoms with Gasteiger partial charge in [-0.3, -0.25) is 4.90 Å². The Hall–Kier alpha value is -0.700. The number of carbonyl (C=O) groups is 1. The van der Waals surface area contributed by atoms with Gasteiger partial charge in [-0.25, -0.2) is 4.79 Å². The molecule has 0 unspecified atom stereocenters. The van der Waals surface area contributed by atoms with Crippen LogP contribution in [0, 0.1) is 0 Å². The summed E-state index contributed by atoms with van der Waals surface area (Å²) in [7, 11) is 0. The molecule has 0 aromatic heterocycles. The maximum Gasteiger partial charge on any atom is 0.415 e. The molecule has 0 spiro atoms. The summed E-state index contributed by atoms with van der Waals surface area (Å²) < 4.78 is 5.05. The number of ether oxygens (including phenoxy) is 1. The summed E-state index contributed by atoms with van der Waals surface area (Å²) in [5.41, 5.74) is 0.0940. The van der Waals surface area contributed by atoms with Crippen LogP contribution in [0.2, 0.25) is 0 Å². The highest BCUT2D eigenvalue weighted by Crippen LogP contribution is 2.30. The van der Waals surface area contributed by atoms with E-state index in [9.17, 15) is 4.79 Å². The van der Waals surface area contributed by atoms with Crippen LogP contribution in [0.25, 0.3) is 0 Å². The fourth-order valence-electron chi connectivity index (χ4n) is 1.08. The van der Waals surface area contributed by atoms with Gasteiger partial charge in [0.2, 0.25) is 0 Å². The van der Waals surface area contributed by atoms with Crippen LogP contribution in [0.5, 0.6) is 0 Å². The second-order valence-electron chi connectivity index (χ2n) is 3.17. The Bertz CT molecular complexity index is 225. The predicted molar refractivity (Wildman–Crippen MR) is 47.1 cm³/mol. The molecule has 0 radical (unpaired) electrons. The third kappa shape index (κ3) is 1.41. The number of rotatable bonds is 2. The van der Waals surface area contributed by atoms with Gasteiger partial charge in [-0.1, -0.05) is 6.58 Å². The number of amides is 1. The molecule has 1 rings (SSSR count). The van der Waals surface area contributed by atoms with E-state index >= 15 is 0 Å². The quantitative estimate of drug-likeness (QED) is 0.622. The lowest BCUT2D eigenvalue weighted by atomic mass is 10.1. The van der Waals surface area contributed by atoms with E-state index in [1.165, 1.54) is 4.90 Å². The second kappa shape index (κ2) is 2.98. The average Bonchev–Trinajstić information content (AvgIpc) is 2.13. The zero-order valence-electron chi connectivity index (χ0n) is 7.26. The van der Waals surface area contributed by atoms with Crippen molar-refractivity contribution in [2.75, 3.05) is 12.4 Å². The molecule has 0 saturated carbocycles. The molecular weight excluding hydrogens is 178 g/mol. The monoisotopic (exact) mass is 189 g/mol. The van der Waals surface area contributed by atoms with Gasteiger partial charge in [0.05, 0.1) is 5.70 Å². The third-order valence-electron chi connectivity index (χ3n) is 1.89. The van der Waals surface area contributed by atoms with E-state index in [2.05, 4.69) is 6.58 Å². The smallest absolute Gasteiger partial charge is 0.415 e. The van der Waals surface area contributed by atoms with Gasteiger partial charge >= 0.3 is 6.09 Å². The number of nitrogens with zero attached hydrogens (tertiary/aromatic N) is 1. The SMILES string of the molecule is C=C1N(CCCl)C(=O)OC1(C)C. The maximum absolute atomic E-state index is 11.2. The topological polar surface area (TPSA) is 29.5 Å². The Morgan fingerprint density at radius 3 is 2.58 bits per heavy atom. The van der Waals surface area contributed by atoms with Crippen molar-refractivity contribution in [3.63, 3.8) is 0 Å². The van der Waals surface area contributed by atoms with Crippen LogP contribution in [0.4, 0.5) is 4.79 Å². The molecule has 12 heavy (non-hydrogen) atoms. The van der Waals surface area contributed by atoms with E-state index in [4.69, 9.17) is 16.3 Å². The van der Waals surface area contributed by atoms with Gasteiger partial charge in [0, 0.05) is 12.4 Å². The summed E-state index contributed by atoms with van der Waals surface area (Å²) in [6.07, 6.45) is -0.356. The molecule has 0 bridgehead atoms. The number of hydrogen-bond donors (Lipinski definition) is 0. The third-order valence-corrected chi connectivity index (χ3v) is 2.06. The van der Waals surface area contributed by atoms with Crippen molar-refractivity contribution >= 4 is 17.7 Å². The lowest BCUT2D eigenvalue weighted by molar-refractivity contribution is 0.0938. The Labute approximate surface area is 76.9 Å². The molecular formula is C8H12ClNO2. The largest absolute Gasteiger partial charge is 0.437 e. The van der Waals surface area contributed by atoms with Crippen LogP contribution in [-0.2, 0) is 4.74 Å². The van der Waals surface area contributed by atoms with Crippen LogP contribution in [0.1, 0.15) is 13.8 Å². The molecule has 0 aromatic carbocycles. The minimum atomic E-state index is -0.580. The van der Waals surface area contributed by atoms with E-state index in [0.717, 1.165) is 0 Å². The van der Waals surface area contributed by atoms with Crippen molar-refractivity contribution in [3.8, 4) is 0 Å². The summed E-state index contributed by atoms with van der Waals surface area (Å²) in [6, 6.07) is 0. The van der Waals surface area contributed by atoms with Crippen LogP contribution in [-0.4, -0.2) is 29.0 Å². The Kier molecular flexibility index (Phi) is 2.33. The Morgan fingerprint density at radius 2 is 2.25 bits per heavy atom. The standard InChI is InChI=1S/C8H12ClNO2/c1-6-8(2,3)12-7(11)10(6)5-4-9/h1,4-5H2,2-3H3. The number of halogens is 1. The van der Waals surface area contributed by atoms with Gasteiger partial charge in [-0.2, -0.15) is 0 Å². The Balaban J connectivity index is 2.78. The molecule has 3 nitrogen and oxygen atoms in total. The summed E-state index contributed by atoms with van der Waals surface area (Å²) in [5, 5.41) is 0. The van der Waals surface area contributed by atoms with Crippen LogP contribution >= 0.6 is 11.6 Å². The molecule has 4 heteroatoms. The van der Waals surface area contributed by atoms with E-state index in [1.807, 2.05) is 13.8 Å². The second-order valence-corrected chi connectivity index (χ2v) is 3.54. The fourth-order valence-corrected chi connectivity index (χ4v) is 1.25. The highest BCUT2D eigenvalue weighted by molar-refractivity contribution is 6.18. The molecule has 0 aromatic rings. The normalized spacial score (nSPS) is 21.4. The lowest BCUT2D eigenvalue weighted by Crippen LogP contribution is -2.26. The van der Waals surface area contributed by atoms with Crippen molar-refractivity contribution in [2.24, 2.45) is 0 Å². The highest BCUT2D eigenvalue weighted by Gasteiger charge is 2.41. The summed E-state index contributed by atoms with van der Waals surface area (Å²) >= 11 is 5.51. The van der Waals surface area contributed by atoms with Crippen molar-refractivity contribution in [1.29, 1.82) is 0 Å². The Morgan fingerprint density at radius 1 is 1.67 bits per heavy atom. The van der Waals surface area contributed by atoms with Crippen molar-refractivity contribution in [1.82, 2.24) is 4.90 Å². The maximum atomic E-state index is 11.2. The van der Waals surface area contributed by atoms with Gasteiger partial charge in [-0.15, -0.1) is 11.6 Å². The van der Waals surface area contributed by atoms with E-state index < -0.39 is 5.60 Å². The molecule has 1 aliphatic heterocycles. The first-order valence-corrected chi connectivity index (χ1v) is 4.28. The first kappa shape index (κ1) is 9.39. The zero-order chi connectivity index (χ0) is 9.35. The van der Waals surface area contributed by atoms with Crippen LogP contribution in [0.15, 0.2) is 12.3 Å². The first-order valence-electron chi connectivity index (χ1n) is 3.75. The minimum absolute atomic E-state index is 0.356. The van der Waals surface area contributed by atoms with E-state index in [0.29, 0.717) is 18.1 Å². The predicted octanol–water partition coefficient (Wildman–Crippen LogP) is 1.97. The number of alkyl halides is 1. The number of cyclic esters (lactones) is 1.